The zero-order chi connectivity index (χ0) is 15.7. The van der Waals surface area contributed by atoms with Crippen LogP contribution < -0.4 is 14.2 Å². The quantitative estimate of drug-likeness (QED) is 0.877. The van der Waals surface area contributed by atoms with E-state index in [2.05, 4.69) is 10.0 Å². The lowest BCUT2D eigenvalue weighted by Gasteiger charge is -2.20. The highest BCUT2D eigenvalue weighted by molar-refractivity contribution is 7.85. The van der Waals surface area contributed by atoms with Crippen molar-refractivity contribution in [1.82, 2.24) is 10.0 Å². The van der Waals surface area contributed by atoms with Crippen molar-refractivity contribution >= 4 is 16.2 Å². The minimum Gasteiger partial charge on any atom is -0.370 e. The van der Waals surface area contributed by atoms with Crippen molar-refractivity contribution in [2.24, 2.45) is 0 Å². The van der Waals surface area contributed by atoms with Gasteiger partial charge in [0.05, 0.1) is 0 Å². The van der Waals surface area contributed by atoms with Gasteiger partial charge in [0, 0.05) is 30.3 Å². The van der Waals surface area contributed by atoms with Crippen molar-refractivity contribution in [2.45, 2.75) is 6.54 Å². The SMILES string of the molecule is CNC(=O)c1ccc(-c2cccc3c2OS(=O)(=O)NC3)cc1. The summed E-state index contributed by atoms with van der Waals surface area (Å²) in [5.41, 5.74) is 2.75. The van der Waals surface area contributed by atoms with Crippen LogP contribution in [0, 0.1) is 0 Å². The predicted molar refractivity (Wildman–Crippen MR) is 81.7 cm³/mol. The Kier molecular flexibility index (Phi) is 3.59. The summed E-state index contributed by atoms with van der Waals surface area (Å²) in [5, 5.41) is 2.55. The fourth-order valence-electron chi connectivity index (χ4n) is 2.30. The van der Waals surface area contributed by atoms with E-state index in [1.807, 2.05) is 6.07 Å². The molecule has 7 heteroatoms. The molecule has 0 radical (unpaired) electrons. The summed E-state index contributed by atoms with van der Waals surface area (Å²) in [6.45, 7) is 0.196. The van der Waals surface area contributed by atoms with Gasteiger partial charge in [-0.15, -0.1) is 0 Å². The molecule has 2 N–H and O–H groups in total. The van der Waals surface area contributed by atoms with Gasteiger partial charge in [-0.25, -0.2) is 0 Å². The summed E-state index contributed by atoms with van der Waals surface area (Å²) >= 11 is 0. The Morgan fingerprint density at radius 2 is 1.91 bits per heavy atom. The van der Waals surface area contributed by atoms with E-state index in [-0.39, 0.29) is 12.5 Å². The molecule has 0 saturated carbocycles. The van der Waals surface area contributed by atoms with Crippen LogP contribution in [-0.4, -0.2) is 21.4 Å². The molecular weight excluding hydrogens is 304 g/mol. The van der Waals surface area contributed by atoms with Gasteiger partial charge in [-0.05, 0) is 17.7 Å². The Morgan fingerprint density at radius 3 is 2.59 bits per heavy atom. The molecule has 1 heterocycles. The van der Waals surface area contributed by atoms with Crippen molar-refractivity contribution < 1.29 is 17.4 Å². The lowest BCUT2D eigenvalue weighted by molar-refractivity contribution is 0.0963. The number of para-hydroxylation sites is 1. The number of carbonyl (C=O) groups excluding carboxylic acids is 1. The van der Waals surface area contributed by atoms with Crippen LogP contribution in [0.15, 0.2) is 42.5 Å². The second kappa shape index (κ2) is 5.43. The lowest BCUT2D eigenvalue weighted by Crippen LogP contribution is -2.32. The molecule has 0 bridgehead atoms. The zero-order valence-electron chi connectivity index (χ0n) is 11.8. The molecule has 1 amide bonds. The van der Waals surface area contributed by atoms with Crippen molar-refractivity contribution in [3.8, 4) is 16.9 Å². The van der Waals surface area contributed by atoms with Crippen molar-refractivity contribution in [3.05, 3.63) is 53.6 Å². The Balaban J connectivity index is 2.04. The molecule has 0 unspecified atom stereocenters. The number of hydrogen-bond donors (Lipinski definition) is 2. The van der Waals surface area contributed by atoms with E-state index in [4.69, 9.17) is 4.18 Å². The Hall–Kier alpha value is -2.38. The van der Waals surface area contributed by atoms with Crippen molar-refractivity contribution in [2.75, 3.05) is 7.05 Å². The molecule has 0 saturated heterocycles. The molecule has 0 aliphatic carbocycles. The van der Waals surface area contributed by atoms with E-state index in [9.17, 15) is 13.2 Å². The van der Waals surface area contributed by atoms with Gasteiger partial charge in [0.15, 0.2) is 5.75 Å². The Morgan fingerprint density at radius 1 is 1.18 bits per heavy atom. The molecule has 1 aliphatic rings. The number of nitrogens with one attached hydrogen (secondary N) is 2. The van der Waals surface area contributed by atoms with Gasteiger partial charge in [0.2, 0.25) is 0 Å². The maximum Gasteiger partial charge on any atom is 0.382 e. The molecule has 6 nitrogen and oxygen atoms in total. The number of fused-ring (bicyclic) bond motifs is 1. The normalized spacial score (nSPS) is 15.5. The van der Waals surface area contributed by atoms with Gasteiger partial charge in [-0.2, -0.15) is 13.1 Å². The van der Waals surface area contributed by atoms with Gasteiger partial charge < -0.3 is 9.50 Å². The predicted octanol–water partition coefficient (Wildman–Crippen LogP) is 1.44. The highest BCUT2D eigenvalue weighted by atomic mass is 32.2. The summed E-state index contributed by atoms with van der Waals surface area (Å²) in [5.74, 6) is 0.151. The first-order valence-corrected chi connectivity index (χ1v) is 8.04. The average Bonchev–Trinajstić information content (AvgIpc) is 2.53. The molecule has 0 spiro atoms. The van der Waals surface area contributed by atoms with E-state index in [1.165, 1.54) is 0 Å². The van der Waals surface area contributed by atoms with E-state index in [0.717, 1.165) is 11.1 Å². The number of rotatable bonds is 2. The second-order valence-corrected chi connectivity index (χ2v) is 6.17. The second-order valence-electron chi connectivity index (χ2n) is 4.81. The number of benzene rings is 2. The Bertz CT molecular complexity index is 829. The summed E-state index contributed by atoms with van der Waals surface area (Å²) in [6.07, 6.45) is 0. The molecule has 3 rings (SSSR count). The van der Waals surface area contributed by atoms with Crippen LogP contribution in [0.25, 0.3) is 11.1 Å². The summed E-state index contributed by atoms with van der Waals surface area (Å²) in [4.78, 5) is 11.6. The summed E-state index contributed by atoms with van der Waals surface area (Å²) < 4.78 is 30.6. The van der Waals surface area contributed by atoms with Gasteiger partial charge in [-0.1, -0.05) is 30.3 Å². The van der Waals surface area contributed by atoms with Crippen LogP contribution >= 0.6 is 0 Å². The molecule has 22 heavy (non-hydrogen) atoms. The molecule has 0 aromatic heterocycles. The lowest BCUT2D eigenvalue weighted by atomic mass is 10.00. The average molecular weight is 318 g/mol. The van der Waals surface area contributed by atoms with E-state index in [0.29, 0.717) is 16.9 Å². The topological polar surface area (TPSA) is 84.5 Å². The molecule has 2 aromatic rings. The van der Waals surface area contributed by atoms with Gasteiger partial charge in [0.25, 0.3) is 5.91 Å². The third-order valence-corrected chi connectivity index (χ3v) is 4.30. The fraction of sp³-hybridized carbons (Fsp3) is 0.133. The van der Waals surface area contributed by atoms with Crippen LogP contribution in [0.1, 0.15) is 15.9 Å². The third kappa shape index (κ3) is 2.68. The van der Waals surface area contributed by atoms with Crippen LogP contribution in [0.4, 0.5) is 0 Å². The van der Waals surface area contributed by atoms with Crippen LogP contribution in [0.5, 0.6) is 5.75 Å². The smallest absolute Gasteiger partial charge is 0.370 e. The van der Waals surface area contributed by atoms with Crippen molar-refractivity contribution in [1.29, 1.82) is 0 Å². The molecule has 0 atom stereocenters. The summed E-state index contributed by atoms with van der Waals surface area (Å²) in [7, 11) is -2.20. The first-order valence-electron chi connectivity index (χ1n) is 6.63. The monoisotopic (exact) mass is 318 g/mol. The third-order valence-electron chi connectivity index (χ3n) is 3.41. The van der Waals surface area contributed by atoms with Gasteiger partial charge >= 0.3 is 10.3 Å². The molecule has 114 valence electrons. The number of amides is 1. The van der Waals surface area contributed by atoms with Crippen LogP contribution in [0.3, 0.4) is 0 Å². The van der Waals surface area contributed by atoms with E-state index in [1.54, 1.807) is 43.4 Å². The van der Waals surface area contributed by atoms with E-state index < -0.39 is 10.3 Å². The molecular formula is C15H14N2O4S. The zero-order valence-corrected chi connectivity index (χ0v) is 12.6. The van der Waals surface area contributed by atoms with Gasteiger partial charge in [-0.3, -0.25) is 4.79 Å². The Labute approximate surface area is 128 Å². The highest BCUT2D eigenvalue weighted by Crippen LogP contribution is 2.36. The van der Waals surface area contributed by atoms with Gasteiger partial charge in [0.1, 0.15) is 0 Å². The molecule has 0 fully saturated rings. The summed E-state index contributed by atoms with van der Waals surface area (Å²) in [6, 6.07) is 12.3. The maximum atomic E-state index is 11.6. The minimum absolute atomic E-state index is 0.176. The largest absolute Gasteiger partial charge is 0.382 e. The standard InChI is InChI=1S/C15H14N2O4S/c1-16-15(18)11-7-5-10(6-8-11)13-4-2-3-12-9-17-22(19,20)21-14(12)13/h2-8,17H,9H2,1H3,(H,16,18). The highest BCUT2D eigenvalue weighted by Gasteiger charge is 2.24. The first kappa shape index (κ1) is 14.6. The molecule has 1 aliphatic heterocycles. The van der Waals surface area contributed by atoms with Crippen LogP contribution in [-0.2, 0) is 16.8 Å². The van der Waals surface area contributed by atoms with Crippen molar-refractivity contribution in [3.63, 3.8) is 0 Å². The number of hydrogen-bond acceptors (Lipinski definition) is 4. The first-order chi connectivity index (χ1) is 10.5. The minimum atomic E-state index is -3.77. The number of carbonyl (C=O) groups is 1. The van der Waals surface area contributed by atoms with E-state index >= 15 is 0 Å². The fourth-order valence-corrected chi connectivity index (χ4v) is 3.11. The maximum absolute atomic E-state index is 11.6. The van der Waals surface area contributed by atoms with Crippen LogP contribution in [0.2, 0.25) is 0 Å². The molecule has 2 aromatic carbocycles.